The van der Waals surface area contributed by atoms with E-state index in [1.165, 1.54) is 19.1 Å². The van der Waals surface area contributed by atoms with Gasteiger partial charge in [0.25, 0.3) is 5.91 Å². The zero-order chi connectivity index (χ0) is 18.4. The third-order valence-corrected chi connectivity index (χ3v) is 3.63. The molecule has 0 aliphatic carbocycles. The van der Waals surface area contributed by atoms with Gasteiger partial charge in [0.15, 0.2) is 0 Å². The minimum absolute atomic E-state index is 0.00936. The zero-order valence-corrected chi connectivity index (χ0v) is 14.1. The van der Waals surface area contributed by atoms with E-state index in [0.717, 1.165) is 17.7 Å². The fraction of sp³-hybridized carbons (Fsp3) is 0.222. The SMILES string of the molecule is CC(NC(=O)C(F)(F)c1cccc(Cl)c1)C(=O)OCc1ccccc1. The van der Waals surface area contributed by atoms with Gasteiger partial charge in [-0.25, -0.2) is 4.79 Å². The molecule has 25 heavy (non-hydrogen) atoms. The summed E-state index contributed by atoms with van der Waals surface area (Å²) in [5, 5.41) is 2.05. The molecule has 1 unspecified atom stereocenters. The van der Waals surface area contributed by atoms with Gasteiger partial charge in [-0.2, -0.15) is 8.78 Å². The molecule has 0 aromatic heterocycles. The number of nitrogens with one attached hydrogen (secondary N) is 1. The van der Waals surface area contributed by atoms with Gasteiger partial charge >= 0.3 is 11.9 Å². The van der Waals surface area contributed by atoms with E-state index in [1.807, 2.05) is 11.4 Å². The summed E-state index contributed by atoms with van der Waals surface area (Å²) in [6.45, 7) is 1.27. The van der Waals surface area contributed by atoms with Gasteiger partial charge in [-0.05, 0) is 24.6 Å². The van der Waals surface area contributed by atoms with E-state index in [0.29, 0.717) is 0 Å². The lowest BCUT2D eigenvalue weighted by Crippen LogP contribution is -2.46. The molecule has 2 rings (SSSR count). The molecule has 1 N–H and O–H groups in total. The van der Waals surface area contributed by atoms with Crippen LogP contribution in [0.2, 0.25) is 5.02 Å². The molecular formula is C18H16ClF2NO3. The summed E-state index contributed by atoms with van der Waals surface area (Å²) in [7, 11) is 0. The second kappa shape index (κ2) is 8.07. The van der Waals surface area contributed by atoms with E-state index in [4.69, 9.17) is 16.3 Å². The number of halogens is 3. The van der Waals surface area contributed by atoms with Crippen molar-refractivity contribution >= 4 is 23.5 Å². The molecule has 0 saturated carbocycles. The Morgan fingerprint density at radius 1 is 1.16 bits per heavy atom. The van der Waals surface area contributed by atoms with Crippen LogP contribution in [0.1, 0.15) is 18.1 Å². The summed E-state index contributed by atoms with van der Waals surface area (Å²) in [6, 6.07) is 12.5. The molecule has 7 heteroatoms. The van der Waals surface area contributed by atoms with Gasteiger partial charge in [0.1, 0.15) is 12.6 Å². The van der Waals surface area contributed by atoms with Gasteiger partial charge in [0.05, 0.1) is 0 Å². The van der Waals surface area contributed by atoms with Crippen molar-refractivity contribution in [3.8, 4) is 0 Å². The molecule has 0 heterocycles. The standard InChI is InChI=1S/C18H16ClF2NO3/c1-12(16(23)25-11-13-6-3-2-4-7-13)22-17(24)18(20,21)14-8-5-9-15(19)10-14/h2-10,12H,11H2,1H3,(H,22,24). The predicted octanol–water partition coefficient (Wildman–Crippen LogP) is 3.68. The highest BCUT2D eigenvalue weighted by Gasteiger charge is 2.42. The normalized spacial score (nSPS) is 12.3. The summed E-state index contributed by atoms with van der Waals surface area (Å²) >= 11 is 5.67. The average Bonchev–Trinajstić information content (AvgIpc) is 2.60. The van der Waals surface area contributed by atoms with Crippen LogP contribution in [0.5, 0.6) is 0 Å². The van der Waals surface area contributed by atoms with Crippen molar-refractivity contribution in [3.05, 3.63) is 70.7 Å². The summed E-state index contributed by atoms with van der Waals surface area (Å²) in [6.07, 6.45) is 0. The minimum Gasteiger partial charge on any atom is -0.459 e. The van der Waals surface area contributed by atoms with Crippen LogP contribution >= 0.6 is 11.6 Å². The van der Waals surface area contributed by atoms with Gasteiger partial charge in [0, 0.05) is 10.6 Å². The molecular weight excluding hydrogens is 352 g/mol. The van der Waals surface area contributed by atoms with Crippen molar-refractivity contribution in [2.75, 3.05) is 0 Å². The lowest BCUT2D eigenvalue weighted by atomic mass is 10.1. The maximum absolute atomic E-state index is 14.2. The van der Waals surface area contributed by atoms with Crippen LogP contribution in [0, 0.1) is 0 Å². The van der Waals surface area contributed by atoms with E-state index >= 15 is 0 Å². The number of carbonyl (C=O) groups excluding carboxylic acids is 2. The summed E-state index contributed by atoms with van der Waals surface area (Å²) in [5.74, 6) is -6.23. The molecule has 0 saturated heterocycles. The lowest BCUT2D eigenvalue weighted by Gasteiger charge is -2.19. The fourth-order valence-corrected chi connectivity index (χ4v) is 2.21. The summed E-state index contributed by atoms with van der Waals surface area (Å²) in [5.41, 5.74) is 0.195. The molecule has 0 aliphatic heterocycles. The minimum atomic E-state index is -3.82. The maximum Gasteiger partial charge on any atom is 0.349 e. The number of hydrogen-bond donors (Lipinski definition) is 1. The summed E-state index contributed by atoms with van der Waals surface area (Å²) < 4.78 is 33.4. The highest BCUT2D eigenvalue weighted by atomic mass is 35.5. The molecule has 0 bridgehead atoms. The van der Waals surface area contributed by atoms with Crippen molar-refractivity contribution in [1.82, 2.24) is 5.32 Å². The molecule has 2 aromatic rings. The van der Waals surface area contributed by atoms with Crippen LogP contribution in [0.15, 0.2) is 54.6 Å². The first-order valence-corrected chi connectivity index (χ1v) is 7.84. The van der Waals surface area contributed by atoms with Crippen molar-refractivity contribution in [3.63, 3.8) is 0 Å². The van der Waals surface area contributed by atoms with Gasteiger partial charge in [-0.1, -0.05) is 54.1 Å². The molecule has 1 atom stereocenters. The topological polar surface area (TPSA) is 55.4 Å². The van der Waals surface area contributed by atoms with E-state index in [2.05, 4.69) is 0 Å². The number of alkyl halides is 2. The van der Waals surface area contributed by atoms with E-state index in [1.54, 1.807) is 24.3 Å². The van der Waals surface area contributed by atoms with Crippen LogP contribution in [0.25, 0.3) is 0 Å². The van der Waals surface area contributed by atoms with Gasteiger partial charge < -0.3 is 10.1 Å². The number of carbonyl (C=O) groups is 2. The third-order valence-electron chi connectivity index (χ3n) is 3.40. The number of rotatable bonds is 6. The largest absolute Gasteiger partial charge is 0.459 e. The van der Waals surface area contributed by atoms with Crippen LogP contribution in [-0.2, 0) is 26.9 Å². The quantitative estimate of drug-likeness (QED) is 0.792. The van der Waals surface area contributed by atoms with Crippen LogP contribution in [-0.4, -0.2) is 17.9 Å². The first-order chi connectivity index (χ1) is 11.8. The van der Waals surface area contributed by atoms with E-state index in [9.17, 15) is 18.4 Å². The lowest BCUT2D eigenvalue weighted by molar-refractivity contribution is -0.154. The van der Waals surface area contributed by atoms with Crippen molar-refractivity contribution in [2.45, 2.75) is 25.5 Å². The van der Waals surface area contributed by atoms with Crippen LogP contribution < -0.4 is 5.32 Å². The molecule has 0 spiro atoms. The number of ether oxygens (including phenoxy) is 1. The monoisotopic (exact) mass is 367 g/mol. The highest BCUT2D eigenvalue weighted by molar-refractivity contribution is 6.30. The molecule has 0 radical (unpaired) electrons. The van der Waals surface area contributed by atoms with Crippen molar-refractivity contribution in [2.24, 2.45) is 0 Å². The van der Waals surface area contributed by atoms with Crippen LogP contribution in [0.3, 0.4) is 0 Å². The Morgan fingerprint density at radius 2 is 1.84 bits per heavy atom. The Hall–Kier alpha value is -2.47. The first-order valence-electron chi connectivity index (χ1n) is 7.46. The molecule has 1 amide bonds. The average molecular weight is 368 g/mol. The van der Waals surface area contributed by atoms with E-state index in [-0.39, 0.29) is 11.6 Å². The number of esters is 1. The van der Waals surface area contributed by atoms with Gasteiger partial charge in [0.2, 0.25) is 0 Å². The molecule has 2 aromatic carbocycles. The molecule has 4 nitrogen and oxygen atoms in total. The Kier molecular flexibility index (Phi) is 6.09. The van der Waals surface area contributed by atoms with Crippen LogP contribution in [0.4, 0.5) is 8.78 Å². The van der Waals surface area contributed by atoms with E-state index < -0.39 is 29.4 Å². The predicted molar refractivity (Wildman–Crippen MR) is 89.2 cm³/mol. The zero-order valence-electron chi connectivity index (χ0n) is 13.3. The number of benzene rings is 2. The summed E-state index contributed by atoms with van der Waals surface area (Å²) in [4.78, 5) is 23.7. The van der Waals surface area contributed by atoms with Gasteiger partial charge in [-0.3, -0.25) is 4.79 Å². The Bertz CT molecular complexity index is 753. The highest BCUT2D eigenvalue weighted by Crippen LogP contribution is 2.30. The second-order valence-electron chi connectivity index (χ2n) is 5.37. The van der Waals surface area contributed by atoms with Gasteiger partial charge in [-0.15, -0.1) is 0 Å². The molecule has 0 aliphatic rings. The second-order valence-corrected chi connectivity index (χ2v) is 5.81. The molecule has 132 valence electrons. The Labute approximate surface area is 148 Å². The maximum atomic E-state index is 14.2. The molecule has 0 fully saturated rings. The first kappa shape index (κ1) is 18.9. The van der Waals surface area contributed by atoms with Crippen molar-refractivity contribution in [1.29, 1.82) is 0 Å². The number of hydrogen-bond acceptors (Lipinski definition) is 3. The Morgan fingerprint density at radius 3 is 2.48 bits per heavy atom. The third kappa shape index (κ3) is 5.00. The fourth-order valence-electron chi connectivity index (χ4n) is 2.01. The van der Waals surface area contributed by atoms with Crippen molar-refractivity contribution < 1.29 is 23.1 Å². The number of amides is 1. The Balaban J connectivity index is 1.95. The smallest absolute Gasteiger partial charge is 0.349 e.